The van der Waals surface area contributed by atoms with Gasteiger partial charge in [-0.05, 0) is 30.7 Å². The average molecular weight is 318 g/mol. The van der Waals surface area contributed by atoms with Crippen molar-refractivity contribution in [2.75, 3.05) is 53.0 Å². The molecular weight excluding hydrogens is 292 g/mol. The molecule has 0 radical (unpaired) electrons. The lowest BCUT2D eigenvalue weighted by Gasteiger charge is -2.39. The van der Waals surface area contributed by atoms with Crippen LogP contribution in [0.25, 0.3) is 0 Å². The molecule has 2 saturated heterocycles. The predicted octanol–water partition coefficient (Wildman–Crippen LogP) is 0.352. The molecule has 1 aromatic heterocycles. The van der Waals surface area contributed by atoms with Crippen LogP contribution in [-0.2, 0) is 16.1 Å². The van der Waals surface area contributed by atoms with Gasteiger partial charge in [0.2, 0.25) is 5.91 Å². The molecule has 1 atom stereocenters. The summed E-state index contributed by atoms with van der Waals surface area (Å²) in [5.74, 6) is 0.257. The Morgan fingerprint density at radius 1 is 1.30 bits per heavy atom. The number of ether oxygens (including phenoxy) is 1. The first-order valence-electron chi connectivity index (χ1n) is 8.34. The molecular formula is C17H26N4O2. The Morgan fingerprint density at radius 3 is 2.65 bits per heavy atom. The van der Waals surface area contributed by atoms with Crippen LogP contribution in [-0.4, -0.2) is 73.7 Å². The molecule has 0 aliphatic carbocycles. The van der Waals surface area contributed by atoms with Crippen molar-refractivity contribution >= 4 is 5.91 Å². The zero-order chi connectivity index (χ0) is 16.1. The van der Waals surface area contributed by atoms with Crippen molar-refractivity contribution in [1.82, 2.24) is 20.1 Å². The molecule has 2 aliphatic heterocycles. The second-order valence-electron chi connectivity index (χ2n) is 6.56. The summed E-state index contributed by atoms with van der Waals surface area (Å²) in [4.78, 5) is 21.4. The van der Waals surface area contributed by atoms with Crippen molar-refractivity contribution in [2.45, 2.75) is 13.0 Å². The standard InChI is InChI=1S/C17H26N4O2/c1-23-14-17(4-7-19-13-17)16(22)21-10-8-20(9-11-21)12-15-2-5-18-6-3-15/h2-3,5-6,19H,4,7-14H2,1H3. The van der Waals surface area contributed by atoms with Crippen LogP contribution in [0.4, 0.5) is 0 Å². The number of piperazine rings is 1. The molecule has 6 heteroatoms. The first-order chi connectivity index (χ1) is 11.2. The molecule has 0 bridgehead atoms. The first kappa shape index (κ1) is 16.4. The highest BCUT2D eigenvalue weighted by Gasteiger charge is 2.44. The Labute approximate surface area is 137 Å². The second-order valence-corrected chi connectivity index (χ2v) is 6.56. The molecule has 6 nitrogen and oxygen atoms in total. The van der Waals surface area contributed by atoms with Crippen molar-refractivity contribution in [3.8, 4) is 0 Å². The minimum Gasteiger partial charge on any atom is -0.384 e. The number of rotatable bonds is 5. The molecule has 1 N–H and O–H groups in total. The first-order valence-corrected chi connectivity index (χ1v) is 8.34. The average Bonchev–Trinajstić information content (AvgIpc) is 3.06. The molecule has 1 unspecified atom stereocenters. The number of carbonyl (C=O) groups excluding carboxylic acids is 1. The smallest absolute Gasteiger partial charge is 0.232 e. The third kappa shape index (κ3) is 3.71. The van der Waals surface area contributed by atoms with E-state index in [0.29, 0.717) is 6.61 Å². The van der Waals surface area contributed by atoms with E-state index in [1.807, 2.05) is 17.3 Å². The fourth-order valence-corrected chi connectivity index (χ4v) is 3.58. The van der Waals surface area contributed by atoms with E-state index < -0.39 is 0 Å². The van der Waals surface area contributed by atoms with E-state index >= 15 is 0 Å². The summed E-state index contributed by atoms with van der Waals surface area (Å²) in [5, 5.41) is 3.32. The lowest BCUT2D eigenvalue weighted by atomic mass is 9.86. The molecule has 1 aromatic rings. The summed E-state index contributed by atoms with van der Waals surface area (Å²) in [6, 6.07) is 4.10. The van der Waals surface area contributed by atoms with E-state index in [4.69, 9.17) is 4.74 Å². The minimum absolute atomic E-state index is 0.257. The van der Waals surface area contributed by atoms with E-state index in [1.54, 1.807) is 7.11 Å². The molecule has 0 aromatic carbocycles. The van der Waals surface area contributed by atoms with Gasteiger partial charge in [0, 0.05) is 58.8 Å². The van der Waals surface area contributed by atoms with Crippen molar-refractivity contribution in [3.63, 3.8) is 0 Å². The van der Waals surface area contributed by atoms with Gasteiger partial charge in [-0.3, -0.25) is 14.7 Å². The van der Waals surface area contributed by atoms with Gasteiger partial charge in [0.25, 0.3) is 0 Å². The van der Waals surface area contributed by atoms with Gasteiger partial charge in [-0.2, -0.15) is 0 Å². The normalized spacial score (nSPS) is 25.7. The van der Waals surface area contributed by atoms with E-state index in [-0.39, 0.29) is 11.3 Å². The van der Waals surface area contributed by atoms with Crippen molar-refractivity contribution in [1.29, 1.82) is 0 Å². The monoisotopic (exact) mass is 318 g/mol. The summed E-state index contributed by atoms with van der Waals surface area (Å²) < 4.78 is 5.34. The summed E-state index contributed by atoms with van der Waals surface area (Å²) in [6.07, 6.45) is 4.53. The van der Waals surface area contributed by atoms with Crippen LogP contribution < -0.4 is 5.32 Å². The molecule has 0 saturated carbocycles. The maximum absolute atomic E-state index is 13.0. The largest absolute Gasteiger partial charge is 0.384 e. The Morgan fingerprint density at radius 2 is 2.04 bits per heavy atom. The Hall–Kier alpha value is -1.50. The maximum atomic E-state index is 13.0. The van der Waals surface area contributed by atoms with Gasteiger partial charge in [-0.15, -0.1) is 0 Å². The van der Waals surface area contributed by atoms with E-state index in [9.17, 15) is 4.79 Å². The molecule has 2 fully saturated rings. The van der Waals surface area contributed by atoms with E-state index in [2.05, 4.69) is 27.3 Å². The summed E-state index contributed by atoms with van der Waals surface area (Å²) in [6.45, 7) is 6.51. The zero-order valence-electron chi connectivity index (χ0n) is 13.8. The highest BCUT2D eigenvalue weighted by molar-refractivity contribution is 5.83. The number of hydrogen-bond acceptors (Lipinski definition) is 5. The molecule has 126 valence electrons. The van der Waals surface area contributed by atoms with Gasteiger partial charge in [0.05, 0.1) is 12.0 Å². The predicted molar refractivity (Wildman–Crippen MR) is 87.9 cm³/mol. The molecule has 1 amide bonds. The fourth-order valence-electron chi connectivity index (χ4n) is 3.58. The highest BCUT2D eigenvalue weighted by atomic mass is 16.5. The lowest BCUT2D eigenvalue weighted by Crippen LogP contribution is -2.54. The van der Waals surface area contributed by atoms with Crippen LogP contribution >= 0.6 is 0 Å². The zero-order valence-corrected chi connectivity index (χ0v) is 13.8. The van der Waals surface area contributed by atoms with Crippen molar-refractivity contribution in [3.05, 3.63) is 30.1 Å². The SMILES string of the molecule is COCC1(C(=O)N2CCN(Cc3ccncc3)CC2)CCNC1. The van der Waals surface area contributed by atoms with E-state index in [0.717, 1.165) is 52.2 Å². The van der Waals surface area contributed by atoms with Gasteiger partial charge < -0.3 is 15.0 Å². The Balaban J connectivity index is 1.55. The number of hydrogen-bond donors (Lipinski definition) is 1. The second kappa shape index (κ2) is 7.38. The number of carbonyl (C=O) groups is 1. The van der Waals surface area contributed by atoms with Gasteiger partial charge >= 0.3 is 0 Å². The van der Waals surface area contributed by atoms with Gasteiger partial charge in [-0.25, -0.2) is 0 Å². The molecule has 2 aliphatic rings. The van der Waals surface area contributed by atoms with Gasteiger partial charge in [-0.1, -0.05) is 0 Å². The van der Waals surface area contributed by atoms with E-state index in [1.165, 1.54) is 5.56 Å². The third-order valence-electron chi connectivity index (χ3n) is 4.93. The van der Waals surface area contributed by atoms with Crippen LogP contribution in [0.2, 0.25) is 0 Å². The summed E-state index contributed by atoms with van der Waals surface area (Å²) >= 11 is 0. The molecule has 3 heterocycles. The van der Waals surface area contributed by atoms with Crippen LogP contribution in [0.3, 0.4) is 0 Å². The van der Waals surface area contributed by atoms with Crippen LogP contribution in [0.15, 0.2) is 24.5 Å². The summed E-state index contributed by atoms with van der Waals surface area (Å²) in [5.41, 5.74) is 0.915. The number of nitrogens with zero attached hydrogens (tertiary/aromatic N) is 3. The van der Waals surface area contributed by atoms with Crippen molar-refractivity contribution in [2.24, 2.45) is 5.41 Å². The quantitative estimate of drug-likeness (QED) is 0.849. The fraction of sp³-hybridized carbons (Fsp3) is 0.647. The highest BCUT2D eigenvalue weighted by Crippen LogP contribution is 2.29. The Kier molecular flexibility index (Phi) is 5.25. The lowest BCUT2D eigenvalue weighted by molar-refractivity contribution is -0.146. The number of methoxy groups -OCH3 is 1. The Bertz CT molecular complexity index is 509. The topological polar surface area (TPSA) is 57.7 Å². The van der Waals surface area contributed by atoms with Crippen molar-refractivity contribution < 1.29 is 9.53 Å². The molecule has 3 rings (SSSR count). The molecule has 23 heavy (non-hydrogen) atoms. The van der Waals surface area contributed by atoms with Gasteiger partial charge in [0.1, 0.15) is 0 Å². The molecule has 0 spiro atoms. The minimum atomic E-state index is -0.359. The number of amides is 1. The van der Waals surface area contributed by atoms with Crippen LogP contribution in [0.5, 0.6) is 0 Å². The van der Waals surface area contributed by atoms with Crippen LogP contribution in [0.1, 0.15) is 12.0 Å². The number of aromatic nitrogens is 1. The maximum Gasteiger partial charge on any atom is 0.232 e. The third-order valence-corrected chi connectivity index (χ3v) is 4.93. The number of nitrogens with one attached hydrogen (secondary N) is 1. The van der Waals surface area contributed by atoms with Crippen LogP contribution in [0, 0.1) is 5.41 Å². The number of pyridine rings is 1. The summed E-state index contributed by atoms with van der Waals surface area (Å²) in [7, 11) is 1.68. The van der Waals surface area contributed by atoms with Gasteiger partial charge in [0.15, 0.2) is 0 Å².